The molecule has 4 heterocycles. The lowest BCUT2D eigenvalue weighted by Crippen LogP contribution is -2.60. The molecule has 4 aliphatic rings. The average molecular weight is 721 g/mol. The van der Waals surface area contributed by atoms with Crippen LogP contribution in [0.25, 0.3) is 0 Å². The molecule has 6 rings (SSSR count). The summed E-state index contributed by atoms with van der Waals surface area (Å²) in [5.41, 5.74) is -1.84. The molecule has 282 valence electrons. The number of fused-ring (bicyclic) bond motifs is 2. The number of hydrogen-bond donors (Lipinski definition) is 1. The van der Waals surface area contributed by atoms with E-state index in [1.807, 2.05) is 53.7 Å². The lowest BCUT2D eigenvalue weighted by Gasteiger charge is -2.49. The average Bonchev–Trinajstić information content (AvgIpc) is 3.04. The third kappa shape index (κ3) is 8.11. The van der Waals surface area contributed by atoms with E-state index in [0.29, 0.717) is 74.5 Å². The molecule has 0 radical (unpaired) electrons. The Morgan fingerprint density at radius 3 is 1.50 bits per heavy atom. The number of hydrogen-bond acceptors (Lipinski definition) is 10. The lowest BCUT2D eigenvalue weighted by atomic mass is 9.71. The standard InChI is InChI=1S/C20H27NO5.C20H25NO5/c2*1-13(22)16-17(23)14-7-5-6-8-15(14)25-20(16)9-11-21(12-10-20)18(24)26-19(2,3)4/h5-8,13,16,22H,9-12H2,1-4H3;5-8,16H,9-12H2,1-4H3. The van der Waals surface area contributed by atoms with E-state index in [9.17, 15) is 29.1 Å². The molecule has 4 aliphatic heterocycles. The van der Waals surface area contributed by atoms with Crippen molar-refractivity contribution in [3.05, 3.63) is 59.7 Å². The number of ether oxygens (including phenoxy) is 4. The van der Waals surface area contributed by atoms with Crippen molar-refractivity contribution in [1.29, 1.82) is 0 Å². The number of likely N-dealkylation sites (tertiary alicyclic amines) is 2. The summed E-state index contributed by atoms with van der Waals surface area (Å²) in [6, 6.07) is 14.2. The number of carbonyl (C=O) groups excluding carboxylic acids is 5. The number of aliphatic hydroxyl groups is 1. The Morgan fingerprint density at radius 2 is 1.10 bits per heavy atom. The highest BCUT2D eigenvalue weighted by Crippen LogP contribution is 2.45. The number of aliphatic hydroxyl groups excluding tert-OH is 1. The highest BCUT2D eigenvalue weighted by Gasteiger charge is 2.55. The van der Waals surface area contributed by atoms with Gasteiger partial charge in [0.05, 0.1) is 23.1 Å². The molecule has 2 spiro atoms. The fraction of sp³-hybridized carbons (Fsp3) is 0.575. The Bertz CT molecular complexity index is 1690. The number of Topliss-reactive ketones (excluding diaryl/α,β-unsaturated/α-hetero) is 3. The minimum atomic E-state index is -0.893. The lowest BCUT2D eigenvalue weighted by molar-refractivity contribution is -0.129. The van der Waals surface area contributed by atoms with Crippen LogP contribution >= 0.6 is 0 Å². The zero-order valence-electron chi connectivity index (χ0n) is 31.5. The van der Waals surface area contributed by atoms with E-state index >= 15 is 0 Å². The summed E-state index contributed by atoms with van der Waals surface area (Å²) in [5.74, 6) is -0.884. The van der Waals surface area contributed by atoms with Crippen LogP contribution in [-0.2, 0) is 14.3 Å². The van der Waals surface area contributed by atoms with Crippen LogP contribution in [0.2, 0.25) is 0 Å². The van der Waals surface area contributed by atoms with Crippen LogP contribution in [0.3, 0.4) is 0 Å². The topological polar surface area (TPSA) is 149 Å². The molecule has 3 unspecified atom stereocenters. The molecule has 2 saturated heterocycles. The minimum Gasteiger partial charge on any atom is -0.486 e. The van der Waals surface area contributed by atoms with Crippen molar-refractivity contribution >= 4 is 29.5 Å². The van der Waals surface area contributed by atoms with Crippen molar-refractivity contribution in [2.24, 2.45) is 11.8 Å². The van der Waals surface area contributed by atoms with Gasteiger partial charge in [-0.15, -0.1) is 0 Å². The molecule has 12 heteroatoms. The maximum absolute atomic E-state index is 13.0. The smallest absolute Gasteiger partial charge is 0.410 e. The molecule has 2 fully saturated rings. The first-order chi connectivity index (χ1) is 24.3. The quantitative estimate of drug-likeness (QED) is 0.352. The van der Waals surface area contributed by atoms with E-state index in [1.165, 1.54) is 6.92 Å². The first-order valence-electron chi connectivity index (χ1n) is 18.0. The molecular weight excluding hydrogens is 668 g/mol. The van der Waals surface area contributed by atoms with E-state index in [4.69, 9.17) is 18.9 Å². The highest BCUT2D eigenvalue weighted by molar-refractivity contribution is 6.13. The molecule has 0 saturated carbocycles. The van der Waals surface area contributed by atoms with Gasteiger partial charge in [0.1, 0.15) is 45.6 Å². The van der Waals surface area contributed by atoms with Gasteiger partial charge < -0.3 is 33.9 Å². The van der Waals surface area contributed by atoms with Gasteiger partial charge in [0, 0.05) is 51.9 Å². The van der Waals surface area contributed by atoms with Crippen LogP contribution in [0.15, 0.2) is 48.5 Å². The fourth-order valence-electron chi connectivity index (χ4n) is 7.69. The van der Waals surface area contributed by atoms with Crippen molar-refractivity contribution in [3.63, 3.8) is 0 Å². The Hall–Kier alpha value is -4.45. The Labute approximate surface area is 305 Å². The molecule has 0 aromatic heterocycles. The van der Waals surface area contributed by atoms with Crippen LogP contribution in [0.1, 0.15) is 102 Å². The van der Waals surface area contributed by atoms with Crippen LogP contribution < -0.4 is 9.47 Å². The third-order valence-electron chi connectivity index (χ3n) is 9.98. The third-order valence-corrected chi connectivity index (χ3v) is 9.98. The molecule has 0 aliphatic carbocycles. The van der Waals surface area contributed by atoms with Gasteiger partial charge in [-0.25, -0.2) is 9.59 Å². The number of rotatable bonds is 2. The number of benzene rings is 2. The number of carbonyl (C=O) groups is 5. The molecular formula is C40H52N2O10. The molecule has 2 amide bonds. The second-order valence-corrected chi connectivity index (χ2v) is 16.3. The fourth-order valence-corrected chi connectivity index (χ4v) is 7.69. The van der Waals surface area contributed by atoms with Crippen molar-refractivity contribution in [3.8, 4) is 11.5 Å². The SMILES string of the molecule is CC(=O)C1C(=O)c2ccccc2OC12CCN(C(=O)OC(C)(C)C)CC2.CC(O)C1C(=O)c2ccccc2OC12CCN(C(=O)OC(C)(C)C)CC2. The summed E-state index contributed by atoms with van der Waals surface area (Å²) in [7, 11) is 0. The second kappa shape index (κ2) is 14.5. The van der Waals surface area contributed by atoms with Crippen molar-refractivity contribution in [1.82, 2.24) is 9.80 Å². The van der Waals surface area contributed by atoms with Crippen LogP contribution in [-0.4, -0.2) is 99.1 Å². The van der Waals surface area contributed by atoms with Crippen molar-refractivity contribution in [2.75, 3.05) is 26.2 Å². The van der Waals surface area contributed by atoms with E-state index in [0.717, 1.165) is 0 Å². The summed E-state index contributed by atoms with van der Waals surface area (Å²) < 4.78 is 23.3. The molecule has 3 atom stereocenters. The van der Waals surface area contributed by atoms with Crippen molar-refractivity contribution < 1.29 is 48.0 Å². The number of ketones is 3. The summed E-state index contributed by atoms with van der Waals surface area (Å²) in [5, 5.41) is 10.3. The maximum Gasteiger partial charge on any atom is 0.410 e. The molecule has 12 nitrogen and oxygen atoms in total. The maximum atomic E-state index is 13.0. The van der Waals surface area contributed by atoms with E-state index in [-0.39, 0.29) is 29.5 Å². The van der Waals surface area contributed by atoms with Crippen LogP contribution in [0.4, 0.5) is 9.59 Å². The summed E-state index contributed by atoms with van der Waals surface area (Å²) in [6.07, 6.45) is 0.207. The Morgan fingerprint density at radius 1 is 0.712 bits per heavy atom. The Kier molecular flexibility index (Phi) is 10.8. The van der Waals surface area contributed by atoms with Gasteiger partial charge in [-0.2, -0.15) is 0 Å². The van der Waals surface area contributed by atoms with Crippen molar-refractivity contribution in [2.45, 2.75) is 110 Å². The van der Waals surface area contributed by atoms with Gasteiger partial charge in [-0.1, -0.05) is 24.3 Å². The molecule has 0 bridgehead atoms. The van der Waals surface area contributed by atoms with Gasteiger partial charge in [0.15, 0.2) is 11.6 Å². The zero-order chi connectivity index (χ0) is 38.2. The first-order valence-corrected chi connectivity index (χ1v) is 18.0. The Balaban J connectivity index is 0.000000201. The van der Waals surface area contributed by atoms with E-state index < -0.39 is 40.3 Å². The summed E-state index contributed by atoms with van der Waals surface area (Å²) in [4.78, 5) is 66.1. The predicted octanol–water partition coefficient (Wildman–Crippen LogP) is 6.27. The van der Waals surface area contributed by atoms with E-state index in [1.54, 1.807) is 53.1 Å². The number of piperidine rings is 2. The molecule has 2 aromatic carbocycles. The summed E-state index contributed by atoms with van der Waals surface area (Å²) in [6.45, 7) is 15.6. The zero-order valence-corrected chi connectivity index (χ0v) is 31.5. The monoisotopic (exact) mass is 720 g/mol. The number of para-hydroxylation sites is 2. The summed E-state index contributed by atoms with van der Waals surface area (Å²) >= 11 is 0. The van der Waals surface area contributed by atoms with Gasteiger partial charge >= 0.3 is 12.2 Å². The van der Waals surface area contributed by atoms with E-state index in [2.05, 4.69) is 0 Å². The van der Waals surface area contributed by atoms with Gasteiger partial charge in [0.2, 0.25) is 0 Å². The van der Waals surface area contributed by atoms with Gasteiger partial charge in [-0.05, 0) is 79.7 Å². The second-order valence-electron chi connectivity index (χ2n) is 16.3. The molecule has 2 aromatic rings. The van der Waals surface area contributed by atoms with Crippen LogP contribution in [0, 0.1) is 11.8 Å². The minimum absolute atomic E-state index is 0.0902. The highest BCUT2D eigenvalue weighted by atomic mass is 16.6. The number of nitrogens with zero attached hydrogens (tertiary/aromatic N) is 2. The predicted molar refractivity (Wildman–Crippen MR) is 192 cm³/mol. The van der Waals surface area contributed by atoms with Gasteiger partial charge in [0.25, 0.3) is 0 Å². The molecule has 1 N–H and O–H groups in total. The number of amides is 2. The van der Waals surface area contributed by atoms with Crippen LogP contribution in [0.5, 0.6) is 11.5 Å². The first kappa shape index (κ1) is 38.8. The largest absolute Gasteiger partial charge is 0.486 e. The van der Waals surface area contributed by atoms with Gasteiger partial charge in [-0.3, -0.25) is 14.4 Å². The molecule has 52 heavy (non-hydrogen) atoms. The normalized spacial score (nSPS) is 22.5.